The molecule has 0 bridgehead atoms. The number of hydrogen-bond donors (Lipinski definition) is 0. The summed E-state index contributed by atoms with van der Waals surface area (Å²) in [7, 11) is 0. The molecule has 0 unspecified atom stereocenters. The van der Waals surface area contributed by atoms with Gasteiger partial charge in [-0.15, -0.1) is 0 Å². The van der Waals surface area contributed by atoms with Crippen molar-refractivity contribution in [2.45, 2.75) is 5.41 Å². The maximum absolute atomic E-state index is 5.17. The average molecular weight is 849 g/mol. The van der Waals surface area contributed by atoms with Crippen molar-refractivity contribution in [2.24, 2.45) is 0 Å². The van der Waals surface area contributed by atoms with Crippen molar-refractivity contribution >= 4 is 32.3 Å². The van der Waals surface area contributed by atoms with Crippen LogP contribution in [0.15, 0.2) is 243 Å². The van der Waals surface area contributed by atoms with Gasteiger partial charge in [-0.05, 0) is 117 Å². The molecule has 1 heterocycles. The summed E-state index contributed by atoms with van der Waals surface area (Å²) < 4.78 is 0. The highest BCUT2D eigenvalue weighted by Gasteiger charge is 2.53. The molecule has 0 saturated carbocycles. The van der Waals surface area contributed by atoms with Crippen LogP contribution in [0.1, 0.15) is 22.3 Å². The van der Waals surface area contributed by atoms with Gasteiger partial charge >= 0.3 is 0 Å². The summed E-state index contributed by atoms with van der Waals surface area (Å²) in [6.07, 6.45) is 0. The molecule has 1 aromatic heterocycles. The topological polar surface area (TPSA) is 25.8 Å². The zero-order valence-electron chi connectivity index (χ0n) is 36.5. The van der Waals surface area contributed by atoms with Crippen LogP contribution in [0.25, 0.3) is 111 Å². The van der Waals surface area contributed by atoms with Crippen LogP contribution in [0.3, 0.4) is 0 Å². The fourth-order valence-corrected chi connectivity index (χ4v) is 11.6. The van der Waals surface area contributed by atoms with Gasteiger partial charge in [0, 0.05) is 16.7 Å². The van der Waals surface area contributed by atoms with Crippen molar-refractivity contribution in [1.82, 2.24) is 9.97 Å². The van der Waals surface area contributed by atoms with Crippen LogP contribution < -0.4 is 0 Å². The van der Waals surface area contributed by atoms with Gasteiger partial charge in [-0.1, -0.05) is 224 Å². The summed E-state index contributed by atoms with van der Waals surface area (Å²) in [6.45, 7) is 0. The lowest BCUT2D eigenvalue weighted by Crippen LogP contribution is -2.26. The minimum Gasteiger partial charge on any atom is -0.228 e. The molecule has 14 rings (SSSR count). The SMILES string of the molecule is c1ccc(-c2cccc(-c3cc(-c4ccc(-c5ccc6c7c(ccc6c5)-c5c(c6ccccc6c6ccccc56)C75c6ccccc6-c6ccccc65)cc4)nc(-c4ccccc4)n3)c2)cc1. The summed E-state index contributed by atoms with van der Waals surface area (Å²) >= 11 is 0. The van der Waals surface area contributed by atoms with Crippen molar-refractivity contribution in [1.29, 1.82) is 0 Å². The van der Waals surface area contributed by atoms with Crippen LogP contribution in [0.2, 0.25) is 0 Å². The van der Waals surface area contributed by atoms with Crippen molar-refractivity contribution in [3.05, 3.63) is 265 Å². The summed E-state index contributed by atoms with van der Waals surface area (Å²) in [5.41, 5.74) is 19.8. The Morgan fingerprint density at radius 1 is 0.269 bits per heavy atom. The number of benzene rings is 11. The number of hydrogen-bond acceptors (Lipinski definition) is 2. The fourth-order valence-electron chi connectivity index (χ4n) is 11.6. The molecule has 12 aromatic rings. The normalized spacial score (nSPS) is 12.9. The fraction of sp³-hybridized carbons (Fsp3) is 0.0154. The molecule has 0 fully saturated rings. The maximum Gasteiger partial charge on any atom is 0.160 e. The minimum absolute atomic E-state index is 0.498. The van der Waals surface area contributed by atoms with Crippen molar-refractivity contribution in [3.63, 3.8) is 0 Å². The summed E-state index contributed by atoms with van der Waals surface area (Å²) in [5, 5.41) is 7.73. The van der Waals surface area contributed by atoms with E-state index in [2.05, 4.69) is 224 Å². The Hall–Kier alpha value is -8.72. The van der Waals surface area contributed by atoms with Gasteiger partial charge in [-0.3, -0.25) is 0 Å². The van der Waals surface area contributed by atoms with E-state index in [4.69, 9.17) is 9.97 Å². The van der Waals surface area contributed by atoms with Gasteiger partial charge in [0.2, 0.25) is 0 Å². The number of nitrogens with zero attached hydrogens (tertiary/aromatic N) is 2. The van der Waals surface area contributed by atoms with Crippen molar-refractivity contribution < 1.29 is 0 Å². The van der Waals surface area contributed by atoms with E-state index < -0.39 is 5.41 Å². The Labute approximate surface area is 389 Å². The zero-order valence-corrected chi connectivity index (χ0v) is 36.5. The summed E-state index contributed by atoms with van der Waals surface area (Å²) in [5.74, 6) is 0.706. The quantitative estimate of drug-likeness (QED) is 0.161. The Morgan fingerprint density at radius 2 is 0.776 bits per heavy atom. The Kier molecular flexibility index (Phi) is 8.23. The van der Waals surface area contributed by atoms with E-state index in [-0.39, 0.29) is 0 Å². The standard InChI is InChI=1S/C65H40N2/c1-3-16-41(17-4-1)45-20-15-21-48(39-45)60-40-59(66-64(67-60)44-18-5-2-6-19-44)43-32-30-42(31-33-43)46-34-36-49-47(38-46)35-37-56-61-54-26-9-7-22-50(54)51-23-8-10-27-55(51)63(61)65(62(49)56)57-28-13-11-24-52(57)53-25-12-14-29-58(53)65/h1-40H. The van der Waals surface area contributed by atoms with Crippen LogP contribution in [0, 0.1) is 0 Å². The molecule has 0 N–H and O–H groups in total. The van der Waals surface area contributed by atoms with Crippen LogP contribution in [0.4, 0.5) is 0 Å². The first-order valence-corrected chi connectivity index (χ1v) is 23.1. The van der Waals surface area contributed by atoms with Crippen LogP contribution in [0.5, 0.6) is 0 Å². The Bertz CT molecular complexity index is 3920. The van der Waals surface area contributed by atoms with E-state index in [1.54, 1.807) is 0 Å². The predicted octanol–water partition coefficient (Wildman–Crippen LogP) is 16.6. The predicted molar refractivity (Wildman–Crippen MR) is 278 cm³/mol. The smallest absolute Gasteiger partial charge is 0.160 e. The molecule has 2 nitrogen and oxygen atoms in total. The van der Waals surface area contributed by atoms with Gasteiger partial charge in [0.05, 0.1) is 16.8 Å². The molecule has 11 aromatic carbocycles. The molecule has 2 heteroatoms. The average Bonchev–Trinajstić information content (AvgIpc) is 3.89. The van der Waals surface area contributed by atoms with Gasteiger partial charge in [-0.2, -0.15) is 0 Å². The second-order valence-electron chi connectivity index (χ2n) is 18.0. The first-order chi connectivity index (χ1) is 33.2. The van der Waals surface area contributed by atoms with E-state index in [1.807, 2.05) is 18.2 Å². The molecular weight excluding hydrogens is 809 g/mol. The van der Waals surface area contributed by atoms with E-state index in [0.29, 0.717) is 5.82 Å². The second-order valence-corrected chi connectivity index (χ2v) is 18.0. The first-order valence-electron chi connectivity index (χ1n) is 23.1. The van der Waals surface area contributed by atoms with Crippen LogP contribution in [-0.2, 0) is 5.41 Å². The molecule has 67 heavy (non-hydrogen) atoms. The van der Waals surface area contributed by atoms with Crippen LogP contribution >= 0.6 is 0 Å². The number of aromatic nitrogens is 2. The Balaban J connectivity index is 0.920. The molecule has 0 aliphatic heterocycles. The zero-order chi connectivity index (χ0) is 44.1. The Morgan fingerprint density at radius 3 is 1.49 bits per heavy atom. The highest BCUT2D eigenvalue weighted by molar-refractivity contribution is 6.21. The molecule has 0 amide bonds. The highest BCUT2D eigenvalue weighted by atomic mass is 14.9. The lowest BCUT2D eigenvalue weighted by atomic mass is 9.68. The number of rotatable bonds is 5. The molecule has 0 saturated heterocycles. The maximum atomic E-state index is 5.17. The third-order valence-corrected chi connectivity index (χ3v) is 14.5. The molecule has 0 radical (unpaired) electrons. The van der Waals surface area contributed by atoms with Gasteiger partial charge in [0.25, 0.3) is 0 Å². The largest absolute Gasteiger partial charge is 0.228 e. The van der Waals surface area contributed by atoms with E-state index in [9.17, 15) is 0 Å². The lowest BCUT2D eigenvalue weighted by Gasteiger charge is -2.32. The molecule has 310 valence electrons. The van der Waals surface area contributed by atoms with E-state index >= 15 is 0 Å². The molecular formula is C65H40N2. The third-order valence-electron chi connectivity index (χ3n) is 14.5. The molecule has 2 aliphatic carbocycles. The molecule has 1 spiro atoms. The van der Waals surface area contributed by atoms with Gasteiger partial charge in [0.1, 0.15) is 0 Å². The van der Waals surface area contributed by atoms with Crippen molar-refractivity contribution in [2.75, 3.05) is 0 Å². The third kappa shape index (κ3) is 5.57. The molecule has 0 atom stereocenters. The summed E-state index contributed by atoms with van der Waals surface area (Å²) in [6, 6.07) is 88.7. The van der Waals surface area contributed by atoms with Crippen LogP contribution in [-0.4, -0.2) is 9.97 Å². The monoisotopic (exact) mass is 848 g/mol. The highest BCUT2D eigenvalue weighted by Crippen LogP contribution is 2.66. The van der Waals surface area contributed by atoms with Crippen molar-refractivity contribution in [3.8, 4) is 78.4 Å². The first kappa shape index (κ1) is 37.6. The second kappa shape index (κ2) is 14.7. The minimum atomic E-state index is -0.498. The van der Waals surface area contributed by atoms with E-state index in [0.717, 1.165) is 39.2 Å². The van der Waals surface area contributed by atoms with Gasteiger partial charge in [-0.25, -0.2) is 9.97 Å². The lowest BCUT2D eigenvalue weighted by molar-refractivity contribution is 0.809. The van der Waals surface area contributed by atoms with Gasteiger partial charge < -0.3 is 0 Å². The van der Waals surface area contributed by atoms with E-state index in [1.165, 1.54) is 88.0 Å². The van der Waals surface area contributed by atoms with Gasteiger partial charge in [0.15, 0.2) is 5.82 Å². The summed E-state index contributed by atoms with van der Waals surface area (Å²) in [4.78, 5) is 10.3. The molecule has 2 aliphatic rings. The number of fused-ring (bicyclic) bond motifs is 17.